The van der Waals surface area contributed by atoms with Crippen LogP contribution in [0.1, 0.15) is 5.56 Å². The highest BCUT2D eigenvalue weighted by molar-refractivity contribution is 8.06. The van der Waals surface area contributed by atoms with Gasteiger partial charge in [0.2, 0.25) is 0 Å². The van der Waals surface area contributed by atoms with Crippen LogP contribution in [0.5, 0.6) is 5.75 Å². The van der Waals surface area contributed by atoms with Gasteiger partial charge in [0.25, 0.3) is 8.81 Å². The zero-order valence-corrected chi connectivity index (χ0v) is 20.3. The zero-order chi connectivity index (χ0) is 27.8. The van der Waals surface area contributed by atoms with Gasteiger partial charge in [0.15, 0.2) is 0 Å². The summed E-state index contributed by atoms with van der Waals surface area (Å²) in [6.07, 6.45) is -14.9. The number of ether oxygens (including phenoxy) is 1. The summed E-state index contributed by atoms with van der Waals surface area (Å²) in [7, 11) is 0. The van der Waals surface area contributed by atoms with E-state index >= 15 is 0 Å². The summed E-state index contributed by atoms with van der Waals surface area (Å²) in [5.41, 5.74) is -7.15. The average molecular weight is 627 g/mol. The number of nitrogens with zero attached hydrogens (tertiary/aromatic N) is 3. The number of nitro groups is 2. The van der Waals surface area contributed by atoms with Crippen molar-refractivity contribution < 1.29 is 45.3 Å². The summed E-state index contributed by atoms with van der Waals surface area (Å²) in [6.45, 7) is 0. The highest BCUT2D eigenvalue weighted by Crippen LogP contribution is 2.55. The Morgan fingerprint density at radius 3 is 2.00 bits per heavy atom. The van der Waals surface area contributed by atoms with Crippen LogP contribution in [-0.4, -0.2) is 25.5 Å². The lowest BCUT2D eigenvalue weighted by Gasteiger charge is -2.29. The third-order valence-corrected chi connectivity index (χ3v) is 5.54. The SMILES string of the molecule is O=[N+]([O-])c1cc([N+](=O)[O-])c(N(SC(Cl)(Cl)Cl)c2cc(OC(F)(F)C(F)F)ccc2Cl)c(C(F)(F)F)c1. The molecule has 0 heterocycles. The molecule has 0 aliphatic carbocycles. The van der Waals surface area contributed by atoms with Crippen LogP contribution < -0.4 is 9.04 Å². The Balaban J connectivity index is 2.94. The van der Waals surface area contributed by atoms with Crippen molar-refractivity contribution in [1.82, 2.24) is 0 Å². The number of non-ortho nitro benzene ring substituents is 1. The third-order valence-electron chi connectivity index (χ3n) is 3.83. The van der Waals surface area contributed by atoms with Crippen molar-refractivity contribution in [3.05, 3.63) is 61.1 Å². The summed E-state index contributed by atoms with van der Waals surface area (Å²) in [6, 6.07) is 1.86. The van der Waals surface area contributed by atoms with Gasteiger partial charge in [0.05, 0.1) is 32.2 Å². The van der Waals surface area contributed by atoms with Gasteiger partial charge in [-0.15, -0.1) is 0 Å². The van der Waals surface area contributed by atoms with E-state index in [1.54, 1.807) is 0 Å². The monoisotopic (exact) mass is 625 g/mol. The Bertz CT molecular complexity index is 1180. The average Bonchev–Trinajstić information content (AvgIpc) is 2.70. The molecule has 36 heavy (non-hydrogen) atoms. The molecule has 0 atom stereocenters. The van der Waals surface area contributed by atoms with Crippen molar-refractivity contribution in [3.8, 4) is 5.75 Å². The number of halogens is 11. The number of hydrogen-bond acceptors (Lipinski definition) is 7. The lowest BCUT2D eigenvalue weighted by molar-refractivity contribution is -0.394. The highest BCUT2D eigenvalue weighted by atomic mass is 35.6. The molecule has 0 bridgehead atoms. The molecule has 0 saturated heterocycles. The normalized spacial score (nSPS) is 12.6. The number of hydrogen-bond donors (Lipinski definition) is 0. The molecule has 0 fully saturated rings. The Morgan fingerprint density at radius 1 is 0.972 bits per heavy atom. The van der Waals surface area contributed by atoms with Crippen molar-refractivity contribution in [2.75, 3.05) is 4.31 Å². The summed E-state index contributed by atoms with van der Waals surface area (Å²) in [5.74, 6) is -1.08. The first kappa shape index (κ1) is 30.1. The second-order valence-electron chi connectivity index (χ2n) is 6.28. The molecule has 0 amide bonds. The standard InChI is InChI=1S/C16H6Cl4F7N3O5S/c17-9-2-1-7(35-15(26,27)13(21)22)5-10(9)28(36-16(18,19)20)12-8(14(23,24)25)3-6(29(31)32)4-11(12)30(33)34/h1-5,13H. The van der Waals surface area contributed by atoms with E-state index in [4.69, 9.17) is 46.4 Å². The van der Waals surface area contributed by atoms with Crippen molar-refractivity contribution in [2.45, 2.75) is 21.8 Å². The van der Waals surface area contributed by atoms with Gasteiger partial charge < -0.3 is 4.74 Å². The summed E-state index contributed by atoms with van der Waals surface area (Å²) >= 11 is 22.7. The van der Waals surface area contributed by atoms with Gasteiger partial charge >= 0.3 is 24.4 Å². The molecule has 0 aliphatic rings. The second-order valence-corrected chi connectivity index (χ2v) is 10.8. The number of anilines is 2. The van der Waals surface area contributed by atoms with E-state index < -0.39 is 70.8 Å². The van der Waals surface area contributed by atoms with Crippen LogP contribution in [0.15, 0.2) is 30.3 Å². The molecule has 0 unspecified atom stereocenters. The molecular formula is C16H6Cl4F7N3O5S. The van der Waals surface area contributed by atoms with Crippen LogP contribution in [0.4, 0.5) is 53.5 Å². The first-order valence-corrected chi connectivity index (χ1v) is 10.8. The van der Waals surface area contributed by atoms with Crippen LogP contribution in [-0.2, 0) is 6.18 Å². The molecular weight excluding hydrogens is 621 g/mol. The number of rotatable bonds is 8. The van der Waals surface area contributed by atoms with E-state index in [2.05, 4.69) is 4.74 Å². The predicted molar refractivity (Wildman–Crippen MR) is 118 cm³/mol. The smallest absolute Gasteiger partial charge is 0.428 e. The number of benzene rings is 2. The van der Waals surface area contributed by atoms with E-state index in [-0.39, 0.29) is 28.4 Å². The maximum atomic E-state index is 13.9. The van der Waals surface area contributed by atoms with Crippen molar-refractivity contribution in [3.63, 3.8) is 0 Å². The van der Waals surface area contributed by atoms with Crippen LogP contribution in [0.3, 0.4) is 0 Å². The van der Waals surface area contributed by atoms with Crippen LogP contribution in [0.2, 0.25) is 5.02 Å². The molecule has 8 nitrogen and oxygen atoms in total. The van der Waals surface area contributed by atoms with Crippen molar-refractivity contribution >= 4 is 81.1 Å². The minimum atomic E-state index is -5.50. The zero-order valence-electron chi connectivity index (χ0n) is 16.4. The molecule has 198 valence electrons. The number of nitro benzene ring substituents is 2. The van der Waals surface area contributed by atoms with Crippen LogP contribution in [0, 0.1) is 20.2 Å². The Morgan fingerprint density at radius 2 is 1.56 bits per heavy atom. The van der Waals surface area contributed by atoms with E-state index in [0.717, 1.165) is 0 Å². The second kappa shape index (κ2) is 10.7. The van der Waals surface area contributed by atoms with Gasteiger partial charge in [0.1, 0.15) is 11.4 Å². The number of alkyl halides is 10. The maximum absolute atomic E-state index is 13.9. The Kier molecular flexibility index (Phi) is 8.93. The van der Waals surface area contributed by atoms with Gasteiger partial charge in [0, 0.05) is 24.1 Å². The molecule has 0 aromatic heterocycles. The molecule has 2 aromatic carbocycles. The molecule has 0 spiro atoms. The topological polar surface area (TPSA) is 98.8 Å². The van der Waals surface area contributed by atoms with Crippen LogP contribution >= 0.6 is 58.4 Å². The molecule has 0 aliphatic heterocycles. The first-order valence-electron chi connectivity index (χ1n) is 8.49. The first-order chi connectivity index (χ1) is 16.2. The minimum Gasteiger partial charge on any atom is -0.428 e. The Hall–Kier alpha value is -2.14. The third kappa shape index (κ3) is 7.21. The molecule has 0 N–H and O–H groups in total. The van der Waals surface area contributed by atoms with E-state index in [1.165, 1.54) is 0 Å². The Labute approximate surface area is 219 Å². The fourth-order valence-electron chi connectivity index (χ4n) is 2.51. The quantitative estimate of drug-likeness (QED) is 0.0952. The highest BCUT2D eigenvalue weighted by Gasteiger charge is 2.46. The molecule has 2 rings (SSSR count). The summed E-state index contributed by atoms with van der Waals surface area (Å²) in [5, 5.41) is 22.1. The molecule has 0 saturated carbocycles. The van der Waals surface area contributed by atoms with E-state index in [1.807, 2.05) is 0 Å². The van der Waals surface area contributed by atoms with Crippen molar-refractivity contribution in [1.29, 1.82) is 0 Å². The maximum Gasteiger partial charge on any atom is 0.461 e. The summed E-state index contributed by atoms with van der Waals surface area (Å²) in [4.78, 5) is 19.9. The predicted octanol–water partition coefficient (Wildman–Crippen LogP) is 8.53. The van der Waals surface area contributed by atoms with Gasteiger partial charge in [-0.05, 0) is 12.1 Å². The van der Waals surface area contributed by atoms with E-state index in [9.17, 15) is 51.0 Å². The van der Waals surface area contributed by atoms with Gasteiger partial charge in [-0.1, -0.05) is 46.4 Å². The molecule has 0 radical (unpaired) electrons. The summed E-state index contributed by atoms with van der Waals surface area (Å²) < 4.78 is 95.0. The largest absolute Gasteiger partial charge is 0.461 e. The lowest BCUT2D eigenvalue weighted by Crippen LogP contribution is -2.33. The van der Waals surface area contributed by atoms with Gasteiger partial charge in [-0.2, -0.15) is 30.7 Å². The van der Waals surface area contributed by atoms with Gasteiger partial charge in [-0.3, -0.25) is 24.5 Å². The minimum absolute atomic E-state index is 0.0620. The van der Waals surface area contributed by atoms with Crippen LogP contribution in [0.25, 0.3) is 0 Å². The van der Waals surface area contributed by atoms with Gasteiger partial charge in [-0.25, -0.2) is 0 Å². The van der Waals surface area contributed by atoms with Crippen molar-refractivity contribution in [2.24, 2.45) is 0 Å². The fraction of sp³-hybridized carbons (Fsp3) is 0.250. The molecule has 20 heteroatoms. The lowest BCUT2D eigenvalue weighted by atomic mass is 10.1. The fourth-order valence-corrected chi connectivity index (χ4v) is 4.12. The molecule has 2 aromatic rings. The van der Waals surface area contributed by atoms with E-state index in [0.29, 0.717) is 18.2 Å².